The Kier molecular flexibility index (Phi) is 3.62. The molecule has 0 bridgehead atoms. The number of nitrogens with one attached hydrogen (secondary N) is 1. The average Bonchev–Trinajstić information content (AvgIpc) is 2.36. The van der Waals surface area contributed by atoms with Gasteiger partial charge in [-0.05, 0) is 24.3 Å². The summed E-state index contributed by atoms with van der Waals surface area (Å²) in [7, 11) is 0. The molecule has 0 fully saturated rings. The van der Waals surface area contributed by atoms with Crippen LogP contribution in [0.5, 0.6) is 0 Å². The van der Waals surface area contributed by atoms with E-state index in [0.717, 1.165) is 24.4 Å². The Morgan fingerprint density at radius 2 is 2.00 bits per heavy atom. The van der Waals surface area contributed by atoms with E-state index in [1.165, 1.54) is 6.07 Å². The van der Waals surface area contributed by atoms with E-state index < -0.39 is 17.5 Å². The molecule has 7 heteroatoms. The fraction of sp³-hybridized carbons (Fsp3) is 0. The van der Waals surface area contributed by atoms with Crippen molar-refractivity contribution in [1.82, 2.24) is 4.98 Å². The third-order valence-electron chi connectivity index (χ3n) is 2.31. The average molecular weight is 284 g/mol. The number of amides is 1. The number of nitrogens with two attached hydrogens (primary N) is 1. The molecule has 1 aromatic heterocycles. The summed E-state index contributed by atoms with van der Waals surface area (Å²) < 4.78 is 26.0. The van der Waals surface area contributed by atoms with Gasteiger partial charge < -0.3 is 11.1 Å². The number of nitrogens with zero attached hydrogens (tertiary/aromatic N) is 1. The smallest absolute Gasteiger partial charge is 0.259 e. The zero-order chi connectivity index (χ0) is 14.0. The number of benzene rings is 1. The fourth-order valence-corrected chi connectivity index (χ4v) is 1.58. The largest absolute Gasteiger partial charge is 0.383 e. The van der Waals surface area contributed by atoms with Crippen molar-refractivity contribution >= 4 is 29.0 Å². The van der Waals surface area contributed by atoms with Gasteiger partial charge in [-0.15, -0.1) is 0 Å². The monoisotopic (exact) mass is 283 g/mol. The molecule has 0 radical (unpaired) electrons. The third kappa shape index (κ3) is 2.97. The molecule has 0 unspecified atom stereocenters. The summed E-state index contributed by atoms with van der Waals surface area (Å²) in [5.74, 6) is -2.13. The highest BCUT2D eigenvalue weighted by Crippen LogP contribution is 2.23. The Hall–Kier alpha value is -2.21. The van der Waals surface area contributed by atoms with Crippen LogP contribution in [-0.4, -0.2) is 10.9 Å². The zero-order valence-electron chi connectivity index (χ0n) is 9.45. The first-order chi connectivity index (χ1) is 8.97. The van der Waals surface area contributed by atoms with Crippen molar-refractivity contribution in [2.45, 2.75) is 0 Å². The van der Waals surface area contributed by atoms with Gasteiger partial charge >= 0.3 is 0 Å². The predicted molar refractivity (Wildman–Crippen MR) is 68.0 cm³/mol. The number of carbonyl (C=O) groups excluding carboxylic acids is 1. The zero-order valence-corrected chi connectivity index (χ0v) is 10.2. The van der Waals surface area contributed by atoms with E-state index in [-0.39, 0.29) is 22.1 Å². The molecule has 0 aliphatic rings. The summed E-state index contributed by atoms with van der Waals surface area (Å²) >= 11 is 5.80. The number of anilines is 2. The molecule has 2 aromatic rings. The molecule has 0 aliphatic heterocycles. The SMILES string of the molecule is Nc1ncc(F)cc1C(=O)Nc1cc(F)ccc1Cl. The van der Waals surface area contributed by atoms with E-state index in [9.17, 15) is 13.6 Å². The molecule has 0 saturated carbocycles. The van der Waals surface area contributed by atoms with Crippen LogP contribution in [0.1, 0.15) is 10.4 Å². The fourth-order valence-electron chi connectivity index (χ4n) is 1.41. The number of halogens is 3. The molecule has 0 spiro atoms. The lowest BCUT2D eigenvalue weighted by Gasteiger charge is -2.08. The first-order valence-corrected chi connectivity index (χ1v) is 5.52. The predicted octanol–water partition coefficient (Wildman–Crippen LogP) is 2.85. The number of nitrogen functional groups attached to an aromatic ring is 1. The van der Waals surface area contributed by atoms with Gasteiger partial charge in [-0.1, -0.05) is 11.6 Å². The van der Waals surface area contributed by atoms with Crippen LogP contribution in [0.15, 0.2) is 30.5 Å². The van der Waals surface area contributed by atoms with Crippen LogP contribution in [0, 0.1) is 11.6 Å². The molecule has 1 aromatic carbocycles. The quantitative estimate of drug-likeness (QED) is 0.890. The molecular formula is C12H8ClF2N3O. The van der Waals surface area contributed by atoms with E-state index in [1.54, 1.807) is 0 Å². The van der Waals surface area contributed by atoms with Gasteiger partial charge in [0.25, 0.3) is 5.91 Å². The minimum absolute atomic E-state index is 0.0651. The molecule has 0 atom stereocenters. The second-order valence-corrected chi connectivity index (χ2v) is 4.07. The van der Waals surface area contributed by atoms with Crippen molar-refractivity contribution in [3.8, 4) is 0 Å². The van der Waals surface area contributed by atoms with Crippen molar-refractivity contribution < 1.29 is 13.6 Å². The Morgan fingerprint density at radius 1 is 1.26 bits per heavy atom. The highest BCUT2D eigenvalue weighted by molar-refractivity contribution is 6.34. The molecule has 4 nitrogen and oxygen atoms in total. The minimum atomic E-state index is -0.725. The van der Waals surface area contributed by atoms with E-state index in [2.05, 4.69) is 10.3 Å². The van der Waals surface area contributed by atoms with Crippen LogP contribution in [0.3, 0.4) is 0 Å². The van der Waals surface area contributed by atoms with E-state index >= 15 is 0 Å². The first kappa shape index (κ1) is 13.2. The summed E-state index contributed by atoms with van der Waals surface area (Å²) in [5, 5.41) is 2.49. The number of rotatable bonds is 2. The van der Waals surface area contributed by atoms with Gasteiger partial charge in [0.15, 0.2) is 0 Å². The van der Waals surface area contributed by atoms with Gasteiger partial charge in [0.05, 0.1) is 22.5 Å². The second kappa shape index (κ2) is 5.19. The van der Waals surface area contributed by atoms with Crippen molar-refractivity contribution in [3.05, 3.63) is 52.7 Å². The Bertz CT molecular complexity index is 649. The highest BCUT2D eigenvalue weighted by atomic mass is 35.5. The maximum atomic E-state index is 13.0. The Morgan fingerprint density at radius 3 is 2.74 bits per heavy atom. The number of pyridine rings is 1. The maximum absolute atomic E-state index is 13.0. The van der Waals surface area contributed by atoms with Gasteiger partial charge in [0.1, 0.15) is 17.5 Å². The lowest BCUT2D eigenvalue weighted by molar-refractivity contribution is 0.102. The van der Waals surface area contributed by atoms with Crippen LogP contribution in [0.4, 0.5) is 20.3 Å². The van der Waals surface area contributed by atoms with E-state index in [4.69, 9.17) is 17.3 Å². The summed E-state index contributed by atoms with van der Waals surface area (Å²) in [6.07, 6.45) is 0.890. The highest BCUT2D eigenvalue weighted by Gasteiger charge is 2.14. The van der Waals surface area contributed by atoms with Crippen LogP contribution in [0.2, 0.25) is 5.02 Å². The van der Waals surface area contributed by atoms with Crippen molar-refractivity contribution in [1.29, 1.82) is 0 Å². The Labute approximate surface area is 112 Å². The lowest BCUT2D eigenvalue weighted by Crippen LogP contribution is -2.15. The molecule has 98 valence electrons. The van der Waals surface area contributed by atoms with Gasteiger partial charge in [-0.3, -0.25) is 4.79 Å². The summed E-state index contributed by atoms with van der Waals surface area (Å²) in [5.41, 5.74) is 5.38. The number of hydrogen-bond acceptors (Lipinski definition) is 3. The van der Waals surface area contributed by atoms with Crippen LogP contribution >= 0.6 is 11.6 Å². The topological polar surface area (TPSA) is 68.0 Å². The van der Waals surface area contributed by atoms with Crippen LogP contribution in [-0.2, 0) is 0 Å². The molecule has 1 heterocycles. The molecule has 3 N–H and O–H groups in total. The maximum Gasteiger partial charge on any atom is 0.259 e. The third-order valence-corrected chi connectivity index (χ3v) is 2.64. The summed E-state index contributed by atoms with van der Waals surface area (Å²) in [6, 6.07) is 4.42. The van der Waals surface area contributed by atoms with Gasteiger partial charge in [-0.25, -0.2) is 13.8 Å². The van der Waals surface area contributed by atoms with Crippen LogP contribution in [0.25, 0.3) is 0 Å². The standard InChI is InChI=1S/C12H8ClF2N3O/c13-9-2-1-6(14)4-10(9)18-12(19)8-3-7(15)5-17-11(8)16/h1-5H,(H2,16,17)(H,18,19). The molecule has 2 rings (SSSR count). The Balaban J connectivity index is 2.30. The van der Waals surface area contributed by atoms with Crippen molar-refractivity contribution in [2.75, 3.05) is 11.1 Å². The lowest BCUT2D eigenvalue weighted by atomic mass is 10.2. The second-order valence-electron chi connectivity index (χ2n) is 3.66. The minimum Gasteiger partial charge on any atom is -0.383 e. The summed E-state index contributed by atoms with van der Waals surface area (Å²) in [6.45, 7) is 0. The summed E-state index contributed by atoms with van der Waals surface area (Å²) in [4.78, 5) is 15.4. The van der Waals surface area contributed by atoms with Crippen molar-refractivity contribution in [2.24, 2.45) is 0 Å². The van der Waals surface area contributed by atoms with Crippen LogP contribution < -0.4 is 11.1 Å². The number of aromatic nitrogens is 1. The molecule has 1 amide bonds. The van der Waals surface area contributed by atoms with Gasteiger partial charge in [0, 0.05) is 0 Å². The number of hydrogen-bond donors (Lipinski definition) is 2. The normalized spacial score (nSPS) is 10.3. The molecule has 19 heavy (non-hydrogen) atoms. The van der Waals surface area contributed by atoms with Gasteiger partial charge in [0.2, 0.25) is 0 Å². The molecule has 0 aliphatic carbocycles. The first-order valence-electron chi connectivity index (χ1n) is 5.15. The van der Waals surface area contributed by atoms with Crippen molar-refractivity contribution in [3.63, 3.8) is 0 Å². The molecule has 0 saturated heterocycles. The number of carbonyl (C=O) groups is 1. The molecular weight excluding hydrogens is 276 g/mol. The van der Waals surface area contributed by atoms with Gasteiger partial charge in [-0.2, -0.15) is 0 Å². The van der Waals surface area contributed by atoms with E-state index in [0.29, 0.717) is 0 Å². The van der Waals surface area contributed by atoms with E-state index in [1.807, 2.05) is 0 Å².